The highest BCUT2D eigenvalue weighted by molar-refractivity contribution is 5.63. The van der Waals surface area contributed by atoms with Crippen molar-refractivity contribution in [1.82, 2.24) is 0 Å². The van der Waals surface area contributed by atoms with Gasteiger partial charge in [0.25, 0.3) is 0 Å². The maximum absolute atomic E-state index is 10.3. The third kappa shape index (κ3) is 1.94. The lowest BCUT2D eigenvalue weighted by atomic mass is 9.71. The highest BCUT2D eigenvalue weighted by Crippen LogP contribution is 2.40. The molecule has 0 unspecified atom stereocenters. The molecule has 0 spiro atoms. The van der Waals surface area contributed by atoms with Crippen LogP contribution in [0.5, 0.6) is 0 Å². The van der Waals surface area contributed by atoms with Crippen LogP contribution < -0.4 is 5.73 Å². The van der Waals surface area contributed by atoms with Crippen LogP contribution in [0.3, 0.4) is 0 Å². The molecule has 92 valence electrons. The molecule has 1 saturated carbocycles. The summed E-state index contributed by atoms with van der Waals surface area (Å²) in [4.78, 5) is 0. The molecule has 2 aromatic rings. The van der Waals surface area contributed by atoms with E-state index < -0.39 is 5.60 Å². The lowest BCUT2D eigenvalue weighted by molar-refractivity contribution is -0.0522. The zero-order chi connectivity index (χ0) is 12.6. The van der Waals surface area contributed by atoms with Gasteiger partial charge in [-0.2, -0.15) is 0 Å². The molecule has 0 saturated heterocycles. The van der Waals surface area contributed by atoms with Crippen molar-refractivity contribution in [3.63, 3.8) is 0 Å². The molecule has 2 heteroatoms. The molecule has 1 fully saturated rings. The van der Waals surface area contributed by atoms with E-state index in [1.807, 2.05) is 30.3 Å². The summed E-state index contributed by atoms with van der Waals surface area (Å²) in [7, 11) is 0. The first-order valence-corrected chi connectivity index (χ1v) is 6.31. The first-order chi connectivity index (χ1) is 8.67. The van der Waals surface area contributed by atoms with Crippen LogP contribution >= 0.6 is 0 Å². The minimum Gasteiger partial charge on any atom is -0.385 e. The Kier molecular flexibility index (Phi) is 2.69. The van der Waals surface area contributed by atoms with Crippen molar-refractivity contribution in [2.24, 2.45) is 5.73 Å². The van der Waals surface area contributed by atoms with E-state index in [1.165, 1.54) is 11.1 Å². The zero-order valence-corrected chi connectivity index (χ0v) is 10.2. The third-order valence-electron chi connectivity index (χ3n) is 3.73. The minimum absolute atomic E-state index is 0.142. The van der Waals surface area contributed by atoms with Gasteiger partial charge in [-0.3, -0.25) is 0 Å². The molecule has 2 aromatic carbocycles. The summed E-state index contributed by atoms with van der Waals surface area (Å²) in [5.74, 6) is 0. The molecule has 0 amide bonds. The quantitative estimate of drug-likeness (QED) is 0.846. The fourth-order valence-corrected chi connectivity index (χ4v) is 2.65. The first kappa shape index (κ1) is 11.5. The second-order valence-electron chi connectivity index (χ2n) is 5.14. The predicted molar refractivity (Wildman–Crippen MR) is 73.0 cm³/mol. The van der Waals surface area contributed by atoms with E-state index in [4.69, 9.17) is 5.73 Å². The van der Waals surface area contributed by atoms with Crippen molar-refractivity contribution in [3.05, 3.63) is 60.2 Å². The number of aliphatic hydroxyl groups is 1. The highest BCUT2D eigenvalue weighted by atomic mass is 16.3. The summed E-state index contributed by atoms with van der Waals surface area (Å²) >= 11 is 0. The van der Waals surface area contributed by atoms with Gasteiger partial charge in [-0.25, -0.2) is 0 Å². The van der Waals surface area contributed by atoms with Crippen LogP contribution in [-0.4, -0.2) is 11.1 Å². The van der Waals surface area contributed by atoms with Gasteiger partial charge >= 0.3 is 0 Å². The second kappa shape index (κ2) is 4.23. The first-order valence-electron chi connectivity index (χ1n) is 6.31. The van der Waals surface area contributed by atoms with E-state index in [0.29, 0.717) is 12.8 Å². The van der Waals surface area contributed by atoms with Crippen molar-refractivity contribution >= 4 is 0 Å². The van der Waals surface area contributed by atoms with E-state index >= 15 is 0 Å². The highest BCUT2D eigenvalue weighted by Gasteiger charge is 2.41. The lowest BCUT2D eigenvalue weighted by Crippen LogP contribution is -2.49. The van der Waals surface area contributed by atoms with Crippen molar-refractivity contribution in [2.45, 2.75) is 24.5 Å². The normalized spacial score (nSPS) is 26.7. The molecule has 0 heterocycles. The van der Waals surface area contributed by atoms with Gasteiger partial charge in [-0.05, 0) is 29.5 Å². The number of hydrogen-bond donors (Lipinski definition) is 2. The van der Waals surface area contributed by atoms with Crippen molar-refractivity contribution in [1.29, 1.82) is 0 Å². The number of rotatable bonds is 2. The molecule has 0 atom stereocenters. The molecule has 0 bridgehead atoms. The molecular formula is C16H17NO. The van der Waals surface area contributed by atoms with Crippen LogP contribution in [0.2, 0.25) is 0 Å². The van der Waals surface area contributed by atoms with Crippen LogP contribution in [0.4, 0.5) is 0 Å². The van der Waals surface area contributed by atoms with Gasteiger partial charge in [-0.1, -0.05) is 54.6 Å². The van der Waals surface area contributed by atoms with Crippen LogP contribution in [-0.2, 0) is 5.60 Å². The van der Waals surface area contributed by atoms with Crippen LogP contribution in [0, 0.1) is 0 Å². The van der Waals surface area contributed by atoms with Gasteiger partial charge in [-0.15, -0.1) is 0 Å². The molecule has 2 nitrogen and oxygen atoms in total. The summed E-state index contributed by atoms with van der Waals surface area (Å²) in [5, 5.41) is 10.3. The summed E-state index contributed by atoms with van der Waals surface area (Å²) < 4.78 is 0. The largest absolute Gasteiger partial charge is 0.385 e. The van der Waals surface area contributed by atoms with Gasteiger partial charge in [0.2, 0.25) is 0 Å². The molecular weight excluding hydrogens is 222 g/mol. The second-order valence-corrected chi connectivity index (χ2v) is 5.14. The van der Waals surface area contributed by atoms with Crippen molar-refractivity contribution in [2.75, 3.05) is 0 Å². The standard InChI is InChI=1S/C16H17NO/c17-15-10-16(18,11-15)14-8-6-13(7-9-14)12-4-2-1-3-5-12/h1-9,15,18H,10-11,17H2. The molecule has 18 heavy (non-hydrogen) atoms. The lowest BCUT2D eigenvalue weighted by Gasteiger charge is -2.42. The van der Waals surface area contributed by atoms with Gasteiger partial charge in [0, 0.05) is 6.04 Å². The smallest absolute Gasteiger partial charge is 0.0926 e. The molecule has 1 aliphatic rings. The Balaban J connectivity index is 1.86. The Morgan fingerprint density at radius 1 is 0.889 bits per heavy atom. The fraction of sp³-hybridized carbons (Fsp3) is 0.250. The van der Waals surface area contributed by atoms with Gasteiger partial charge < -0.3 is 10.8 Å². The van der Waals surface area contributed by atoms with Crippen LogP contribution in [0.15, 0.2) is 54.6 Å². The van der Waals surface area contributed by atoms with E-state index in [-0.39, 0.29) is 6.04 Å². The maximum Gasteiger partial charge on any atom is 0.0926 e. The van der Waals surface area contributed by atoms with Crippen LogP contribution in [0.25, 0.3) is 11.1 Å². The molecule has 0 aliphatic heterocycles. The Morgan fingerprint density at radius 2 is 1.44 bits per heavy atom. The number of hydrogen-bond acceptors (Lipinski definition) is 2. The topological polar surface area (TPSA) is 46.2 Å². The zero-order valence-electron chi connectivity index (χ0n) is 10.2. The summed E-state index contributed by atoms with van der Waals surface area (Å²) in [6.07, 6.45) is 1.33. The number of nitrogens with two attached hydrogens (primary N) is 1. The Bertz CT molecular complexity index is 527. The van der Waals surface area contributed by atoms with Gasteiger partial charge in [0.05, 0.1) is 5.60 Å². The average molecular weight is 239 g/mol. The van der Waals surface area contributed by atoms with Gasteiger partial charge in [0.15, 0.2) is 0 Å². The molecule has 1 aliphatic carbocycles. The van der Waals surface area contributed by atoms with E-state index in [1.54, 1.807) is 0 Å². The Morgan fingerprint density at radius 3 is 2.00 bits per heavy atom. The van der Waals surface area contributed by atoms with E-state index in [0.717, 1.165) is 5.56 Å². The average Bonchev–Trinajstić information content (AvgIpc) is 2.38. The Hall–Kier alpha value is -1.64. The van der Waals surface area contributed by atoms with Crippen LogP contribution in [0.1, 0.15) is 18.4 Å². The predicted octanol–water partition coefficient (Wildman–Crippen LogP) is 2.66. The van der Waals surface area contributed by atoms with Gasteiger partial charge in [0.1, 0.15) is 0 Å². The molecule has 3 rings (SSSR count). The molecule has 3 N–H and O–H groups in total. The maximum atomic E-state index is 10.3. The monoisotopic (exact) mass is 239 g/mol. The third-order valence-corrected chi connectivity index (χ3v) is 3.73. The van der Waals surface area contributed by atoms with E-state index in [9.17, 15) is 5.11 Å². The van der Waals surface area contributed by atoms with E-state index in [2.05, 4.69) is 24.3 Å². The summed E-state index contributed by atoms with van der Waals surface area (Å²) in [6, 6.07) is 18.5. The molecule has 0 radical (unpaired) electrons. The Labute approximate surface area is 107 Å². The van der Waals surface area contributed by atoms with Crippen molar-refractivity contribution in [3.8, 4) is 11.1 Å². The summed E-state index contributed by atoms with van der Waals surface area (Å²) in [6.45, 7) is 0. The SMILES string of the molecule is NC1CC(O)(c2ccc(-c3ccccc3)cc2)C1. The van der Waals surface area contributed by atoms with Crippen molar-refractivity contribution < 1.29 is 5.11 Å². The number of benzene rings is 2. The summed E-state index contributed by atoms with van der Waals surface area (Å²) in [5.41, 5.74) is 8.40. The fourth-order valence-electron chi connectivity index (χ4n) is 2.65. The molecule has 0 aromatic heterocycles. The minimum atomic E-state index is -0.700.